The molecule has 1 aromatic heterocycles. The van der Waals surface area contributed by atoms with Crippen LogP contribution in [0, 0.1) is 0 Å². The Morgan fingerprint density at radius 2 is 1.71 bits per heavy atom. The van der Waals surface area contributed by atoms with Gasteiger partial charge in [-0.25, -0.2) is 0 Å². The second-order valence-electron chi connectivity index (χ2n) is 6.84. The zero-order chi connectivity index (χ0) is 22.0. The molecule has 1 amide bonds. The highest BCUT2D eigenvalue weighted by Gasteiger charge is 2.33. The van der Waals surface area contributed by atoms with E-state index in [0.29, 0.717) is 29.1 Å². The minimum absolute atomic E-state index is 0.120. The second-order valence-corrected chi connectivity index (χ2v) is 6.84. The molecule has 4 aromatic rings. The molecule has 9 heteroatoms. The van der Waals surface area contributed by atoms with E-state index in [0.717, 1.165) is 11.6 Å². The molecule has 0 aliphatic heterocycles. The fourth-order valence-corrected chi connectivity index (χ4v) is 3.27. The third-order valence-electron chi connectivity index (χ3n) is 4.77. The number of rotatable bonds is 5. The van der Waals surface area contributed by atoms with Crippen LogP contribution in [-0.4, -0.2) is 26.1 Å². The number of hydrogen-bond acceptors (Lipinski definition) is 4. The summed E-state index contributed by atoms with van der Waals surface area (Å²) in [6.07, 6.45) is -4.09. The van der Waals surface area contributed by atoms with E-state index in [1.165, 1.54) is 16.8 Å². The summed E-state index contributed by atoms with van der Waals surface area (Å²) < 4.78 is 41.4. The Hall–Kier alpha value is -4.01. The van der Waals surface area contributed by atoms with Crippen LogP contribution in [-0.2, 0) is 12.6 Å². The topological polar surface area (TPSA) is 86.7 Å². The minimum Gasteiger partial charge on any atom is -0.366 e. The maximum absolute atomic E-state index is 13.3. The number of halogens is 3. The molecular formula is C22H16F3N5O. The average Bonchev–Trinajstić information content (AvgIpc) is 3.22. The van der Waals surface area contributed by atoms with E-state index in [2.05, 4.69) is 15.5 Å². The van der Waals surface area contributed by atoms with Gasteiger partial charge >= 0.3 is 6.18 Å². The minimum atomic E-state index is -4.43. The first-order valence-corrected chi connectivity index (χ1v) is 9.26. The first kappa shape index (κ1) is 20.3. The third-order valence-corrected chi connectivity index (χ3v) is 4.77. The maximum Gasteiger partial charge on any atom is 0.417 e. The molecule has 31 heavy (non-hydrogen) atoms. The van der Waals surface area contributed by atoms with E-state index in [1.807, 2.05) is 0 Å². The normalized spacial score (nSPS) is 11.5. The van der Waals surface area contributed by atoms with Crippen molar-refractivity contribution in [1.29, 1.82) is 0 Å². The summed E-state index contributed by atoms with van der Waals surface area (Å²) in [5.74, 6) is -0.0590. The Bertz CT molecular complexity index is 1230. The standard InChI is InChI=1S/C22H16F3N5O/c23-22(24,25)19-7-2-1-6-18(19)15-10-8-14(9-11-15)12-20-27-28-29-30(20)17-5-3-4-16(13-17)21(26)31/h1-11,13H,12H2,(H2,26,31). The van der Waals surface area contributed by atoms with Crippen molar-refractivity contribution in [2.24, 2.45) is 5.73 Å². The Kier molecular flexibility index (Phi) is 5.24. The number of amides is 1. The predicted molar refractivity (Wildman–Crippen MR) is 107 cm³/mol. The van der Waals surface area contributed by atoms with Crippen LogP contribution >= 0.6 is 0 Å². The molecule has 0 fully saturated rings. The quantitative estimate of drug-likeness (QED) is 0.525. The van der Waals surface area contributed by atoms with Crippen molar-refractivity contribution >= 4 is 5.91 Å². The van der Waals surface area contributed by atoms with Crippen molar-refractivity contribution in [2.75, 3.05) is 0 Å². The molecule has 0 aliphatic carbocycles. The van der Waals surface area contributed by atoms with Crippen molar-refractivity contribution in [3.63, 3.8) is 0 Å². The van der Waals surface area contributed by atoms with Gasteiger partial charge in [0.1, 0.15) is 0 Å². The zero-order valence-corrected chi connectivity index (χ0v) is 16.0. The zero-order valence-electron chi connectivity index (χ0n) is 16.0. The molecule has 4 rings (SSSR count). The molecule has 0 saturated heterocycles. The average molecular weight is 423 g/mol. The van der Waals surface area contributed by atoms with Gasteiger partial charge in [-0.3, -0.25) is 4.79 Å². The highest BCUT2D eigenvalue weighted by atomic mass is 19.4. The summed E-state index contributed by atoms with van der Waals surface area (Å²) in [7, 11) is 0. The van der Waals surface area contributed by atoms with E-state index < -0.39 is 17.6 Å². The molecule has 2 N–H and O–H groups in total. The van der Waals surface area contributed by atoms with Crippen molar-refractivity contribution in [3.8, 4) is 16.8 Å². The number of hydrogen-bond donors (Lipinski definition) is 1. The van der Waals surface area contributed by atoms with Gasteiger partial charge in [0.15, 0.2) is 5.82 Å². The van der Waals surface area contributed by atoms with Gasteiger partial charge in [0.2, 0.25) is 5.91 Å². The number of benzene rings is 3. The first-order valence-electron chi connectivity index (χ1n) is 9.26. The van der Waals surface area contributed by atoms with Crippen LogP contribution in [0.2, 0.25) is 0 Å². The van der Waals surface area contributed by atoms with Crippen LogP contribution in [0.25, 0.3) is 16.8 Å². The number of primary amides is 1. The van der Waals surface area contributed by atoms with E-state index in [1.54, 1.807) is 54.6 Å². The number of alkyl halides is 3. The second kappa shape index (κ2) is 8.02. The Morgan fingerprint density at radius 1 is 0.968 bits per heavy atom. The van der Waals surface area contributed by atoms with E-state index in [-0.39, 0.29) is 5.56 Å². The molecule has 0 unspecified atom stereocenters. The monoisotopic (exact) mass is 423 g/mol. The number of carbonyl (C=O) groups excluding carboxylic acids is 1. The first-order chi connectivity index (χ1) is 14.8. The number of aromatic nitrogens is 4. The van der Waals surface area contributed by atoms with Crippen LogP contribution in [0.1, 0.15) is 27.3 Å². The molecule has 3 aromatic carbocycles. The van der Waals surface area contributed by atoms with Gasteiger partial charge in [-0.15, -0.1) is 5.10 Å². The molecule has 0 aliphatic rings. The fourth-order valence-electron chi connectivity index (χ4n) is 3.27. The number of nitrogens with zero attached hydrogens (tertiary/aromatic N) is 4. The summed E-state index contributed by atoms with van der Waals surface area (Å²) >= 11 is 0. The van der Waals surface area contributed by atoms with Crippen molar-refractivity contribution in [1.82, 2.24) is 20.2 Å². The molecular weight excluding hydrogens is 407 g/mol. The molecule has 6 nitrogen and oxygen atoms in total. The summed E-state index contributed by atoms with van der Waals surface area (Å²) in [6, 6.07) is 18.8. The third kappa shape index (κ3) is 4.30. The molecule has 1 heterocycles. The lowest BCUT2D eigenvalue weighted by atomic mass is 9.98. The maximum atomic E-state index is 13.3. The van der Waals surface area contributed by atoms with Gasteiger partial charge < -0.3 is 5.73 Å². The lowest BCUT2D eigenvalue weighted by Crippen LogP contribution is -2.12. The molecule has 0 saturated carbocycles. The molecule has 0 atom stereocenters. The van der Waals surface area contributed by atoms with E-state index >= 15 is 0 Å². The summed E-state index contributed by atoms with van der Waals surface area (Å²) in [5, 5.41) is 11.7. The van der Waals surface area contributed by atoms with Crippen LogP contribution in [0.4, 0.5) is 13.2 Å². The Balaban J connectivity index is 1.61. The summed E-state index contributed by atoms with van der Waals surface area (Å²) in [6.45, 7) is 0. The van der Waals surface area contributed by atoms with Gasteiger partial charge in [0, 0.05) is 12.0 Å². The highest BCUT2D eigenvalue weighted by molar-refractivity contribution is 5.93. The molecule has 0 spiro atoms. The molecule has 0 bridgehead atoms. The van der Waals surface area contributed by atoms with Gasteiger partial charge in [-0.1, -0.05) is 48.5 Å². The van der Waals surface area contributed by atoms with Crippen molar-refractivity contribution in [3.05, 3.63) is 95.3 Å². The SMILES string of the molecule is NC(=O)c1cccc(-n2nnnc2Cc2ccc(-c3ccccc3C(F)(F)F)cc2)c1. The number of nitrogens with two attached hydrogens (primary N) is 1. The molecule has 156 valence electrons. The van der Waals surface area contributed by atoms with Gasteiger partial charge in [0.05, 0.1) is 11.3 Å². The van der Waals surface area contributed by atoms with Crippen LogP contribution in [0.3, 0.4) is 0 Å². The van der Waals surface area contributed by atoms with Crippen LogP contribution in [0.15, 0.2) is 72.8 Å². The lowest BCUT2D eigenvalue weighted by molar-refractivity contribution is -0.137. The van der Waals surface area contributed by atoms with E-state index in [9.17, 15) is 18.0 Å². The lowest BCUT2D eigenvalue weighted by Gasteiger charge is -2.13. The van der Waals surface area contributed by atoms with Crippen molar-refractivity contribution in [2.45, 2.75) is 12.6 Å². The number of tetrazole rings is 1. The van der Waals surface area contributed by atoms with Gasteiger partial charge in [-0.05, 0) is 51.4 Å². The Morgan fingerprint density at radius 3 is 2.42 bits per heavy atom. The summed E-state index contributed by atoms with van der Waals surface area (Å²) in [5.41, 5.74) is 6.95. The fraction of sp³-hybridized carbons (Fsp3) is 0.0909. The number of carbonyl (C=O) groups is 1. The van der Waals surface area contributed by atoms with Crippen molar-refractivity contribution < 1.29 is 18.0 Å². The largest absolute Gasteiger partial charge is 0.417 e. The van der Waals surface area contributed by atoms with E-state index in [4.69, 9.17) is 5.73 Å². The Labute approximate surface area is 175 Å². The predicted octanol–water partition coefficient (Wildman–Crippen LogP) is 4.04. The molecule has 0 radical (unpaired) electrons. The van der Waals surface area contributed by atoms with Crippen LogP contribution < -0.4 is 5.73 Å². The smallest absolute Gasteiger partial charge is 0.366 e. The van der Waals surface area contributed by atoms with Gasteiger partial charge in [0.25, 0.3) is 0 Å². The van der Waals surface area contributed by atoms with Crippen LogP contribution in [0.5, 0.6) is 0 Å². The highest BCUT2D eigenvalue weighted by Crippen LogP contribution is 2.36. The summed E-state index contributed by atoms with van der Waals surface area (Å²) in [4.78, 5) is 11.4. The van der Waals surface area contributed by atoms with Gasteiger partial charge in [-0.2, -0.15) is 17.9 Å².